The number of anilines is 1. The van der Waals surface area contributed by atoms with Crippen molar-refractivity contribution >= 4 is 65.4 Å². The lowest BCUT2D eigenvalue weighted by atomic mass is 10.1. The maximum absolute atomic E-state index is 12.5. The maximum atomic E-state index is 12.5. The molecule has 0 atom stereocenters. The third-order valence-electron chi connectivity index (χ3n) is 4.01. The number of benzene rings is 2. The number of hydrogen-bond acceptors (Lipinski definition) is 6. The van der Waals surface area contributed by atoms with Gasteiger partial charge in [0.05, 0.1) is 9.86 Å². The number of amides is 1. The SMILES string of the molecule is O=C(Nc1ccccc1)c1c(O)c2c(=O)oc3c(Br)cc(Br)cc3c2oc1=O. The van der Waals surface area contributed by atoms with E-state index in [1.807, 2.05) is 0 Å². The van der Waals surface area contributed by atoms with Crippen LogP contribution < -0.4 is 16.6 Å². The Morgan fingerprint density at radius 3 is 2.36 bits per heavy atom. The van der Waals surface area contributed by atoms with E-state index in [2.05, 4.69) is 37.2 Å². The predicted molar refractivity (Wildman–Crippen MR) is 110 cm³/mol. The van der Waals surface area contributed by atoms with Crippen molar-refractivity contribution in [1.29, 1.82) is 0 Å². The molecule has 0 spiro atoms. The summed E-state index contributed by atoms with van der Waals surface area (Å²) in [4.78, 5) is 37.4. The fourth-order valence-electron chi connectivity index (χ4n) is 2.79. The quantitative estimate of drug-likeness (QED) is 0.308. The minimum atomic E-state index is -1.08. The molecule has 2 aromatic heterocycles. The minimum absolute atomic E-state index is 0.143. The highest BCUT2D eigenvalue weighted by Gasteiger charge is 2.25. The highest BCUT2D eigenvalue weighted by atomic mass is 79.9. The molecule has 1 amide bonds. The summed E-state index contributed by atoms with van der Waals surface area (Å²) in [5.74, 6) is -1.71. The van der Waals surface area contributed by atoms with Crippen LogP contribution >= 0.6 is 31.9 Å². The van der Waals surface area contributed by atoms with E-state index in [9.17, 15) is 19.5 Å². The largest absolute Gasteiger partial charge is 0.506 e. The molecule has 2 N–H and O–H groups in total. The molecular formula is C19H9Br2NO6. The van der Waals surface area contributed by atoms with E-state index in [1.54, 1.807) is 42.5 Å². The van der Waals surface area contributed by atoms with E-state index >= 15 is 0 Å². The number of rotatable bonds is 2. The molecule has 0 saturated carbocycles. The topological polar surface area (TPSA) is 110 Å². The number of halogens is 2. The van der Waals surface area contributed by atoms with Crippen molar-refractivity contribution in [3.63, 3.8) is 0 Å². The maximum Gasteiger partial charge on any atom is 0.353 e. The van der Waals surface area contributed by atoms with Gasteiger partial charge in [0.1, 0.15) is 5.39 Å². The van der Waals surface area contributed by atoms with Gasteiger partial charge < -0.3 is 19.3 Å². The number of carbonyl (C=O) groups excluding carboxylic acids is 1. The van der Waals surface area contributed by atoms with Gasteiger partial charge in [-0.05, 0) is 40.2 Å². The van der Waals surface area contributed by atoms with Crippen LogP contribution in [0.1, 0.15) is 10.4 Å². The summed E-state index contributed by atoms with van der Waals surface area (Å²) in [6.07, 6.45) is 0. The third kappa shape index (κ3) is 3.02. The molecule has 4 aromatic rings. The van der Waals surface area contributed by atoms with Crippen molar-refractivity contribution in [2.75, 3.05) is 5.32 Å². The summed E-state index contributed by atoms with van der Waals surface area (Å²) in [5.41, 5.74) is -2.33. The van der Waals surface area contributed by atoms with Gasteiger partial charge in [-0.25, -0.2) is 9.59 Å². The van der Waals surface area contributed by atoms with Crippen LogP contribution in [0.2, 0.25) is 0 Å². The Labute approximate surface area is 172 Å². The third-order valence-corrected chi connectivity index (χ3v) is 5.06. The zero-order chi connectivity index (χ0) is 20.0. The van der Waals surface area contributed by atoms with E-state index in [1.165, 1.54) is 0 Å². The molecule has 0 unspecified atom stereocenters. The summed E-state index contributed by atoms with van der Waals surface area (Å²) >= 11 is 6.57. The van der Waals surface area contributed by atoms with Crippen molar-refractivity contribution in [3.8, 4) is 5.75 Å². The number of para-hydroxylation sites is 1. The van der Waals surface area contributed by atoms with Gasteiger partial charge >= 0.3 is 11.3 Å². The smallest absolute Gasteiger partial charge is 0.353 e. The Hall–Kier alpha value is -2.91. The summed E-state index contributed by atoms with van der Waals surface area (Å²) < 4.78 is 11.6. The highest BCUT2D eigenvalue weighted by molar-refractivity contribution is 9.11. The van der Waals surface area contributed by atoms with Crippen molar-refractivity contribution in [1.82, 2.24) is 0 Å². The average Bonchev–Trinajstić information content (AvgIpc) is 2.63. The second kappa shape index (κ2) is 6.92. The monoisotopic (exact) mass is 505 g/mol. The Morgan fingerprint density at radius 1 is 0.964 bits per heavy atom. The van der Waals surface area contributed by atoms with Gasteiger partial charge in [-0.1, -0.05) is 34.1 Å². The van der Waals surface area contributed by atoms with E-state index in [0.717, 1.165) is 0 Å². The van der Waals surface area contributed by atoms with E-state index in [-0.39, 0.29) is 16.6 Å². The molecule has 2 heterocycles. The van der Waals surface area contributed by atoms with Crippen molar-refractivity contribution < 1.29 is 18.7 Å². The minimum Gasteiger partial charge on any atom is -0.506 e. The lowest BCUT2D eigenvalue weighted by Gasteiger charge is -2.09. The lowest BCUT2D eigenvalue weighted by Crippen LogP contribution is -2.22. The number of carbonyl (C=O) groups is 1. The molecule has 0 saturated heterocycles. The zero-order valence-electron chi connectivity index (χ0n) is 13.8. The Bertz CT molecular complexity index is 1380. The fraction of sp³-hybridized carbons (Fsp3) is 0. The number of fused-ring (bicyclic) bond motifs is 3. The highest BCUT2D eigenvalue weighted by Crippen LogP contribution is 2.34. The fourth-order valence-corrected chi connectivity index (χ4v) is 4.10. The second-order valence-electron chi connectivity index (χ2n) is 5.79. The molecule has 0 aliphatic carbocycles. The summed E-state index contributed by atoms with van der Waals surface area (Å²) in [6.45, 7) is 0. The van der Waals surface area contributed by atoms with Crippen LogP contribution in [0.3, 0.4) is 0 Å². The molecule has 7 nitrogen and oxygen atoms in total. The first-order valence-corrected chi connectivity index (χ1v) is 9.43. The Morgan fingerprint density at radius 2 is 1.64 bits per heavy atom. The van der Waals surface area contributed by atoms with Crippen LogP contribution in [-0.4, -0.2) is 11.0 Å². The number of hydrogen-bond donors (Lipinski definition) is 2. The van der Waals surface area contributed by atoms with Gasteiger partial charge in [0.2, 0.25) is 0 Å². The second-order valence-corrected chi connectivity index (χ2v) is 7.56. The van der Waals surface area contributed by atoms with Crippen LogP contribution in [-0.2, 0) is 0 Å². The molecule has 140 valence electrons. The first-order valence-electron chi connectivity index (χ1n) is 7.85. The zero-order valence-corrected chi connectivity index (χ0v) is 17.0. The molecular weight excluding hydrogens is 498 g/mol. The molecule has 9 heteroatoms. The molecule has 4 rings (SSSR count). The average molecular weight is 507 g/mol. The first kappa shape index (κ1) is 18.5. The van der Waals surface area contributed by atoms with Gasteiger partial charge in [-0.15, -0.1) is 0 Å². The van der Waals surface area contributed by atoms with Gasteiger partial charge in [-0.2, -0.15) is 0 Å². The summed E-state index contributed by atoms with van der Waals surface area (Å²) in [5, 5.41) is 12.9. The standard InChI is InChI=1S/C19H9Br2NO6/c20-8-6-10-15(11(21)7-8)27-18(25)12-14(23)13(19(26)28-16(10)12)17(24)22-9-4-2-1-3-5-9/h1-7,23H,(H,22,24). The van der Waals surface area contributed by atoms with Gasteiger partial charge in [-0.3, -0.25) is 4.79 Å². The van der Waals surface area contributed by atoms with Crippen LogP contribution in [0.5, 0.6) is 5.75 Å². The van der Waals surface area contributed by atoms with Crippen LogP contribution in [0.25, 0.3) is 21.9 Å². The van der Waals surface area contributed by atoms with E-state index < -0.39 is 33.9 Å². The van der Waals surface area contributed by atoms with Crippen molar-refractivity contribution in [2.24, 2.45) is 0 Å². The molecule has 28 heavy (non-hydrogen) atoms. The van der Waals surface area contributed by atoms with Crippen LogP contribution in [0, 0.1) is 0 Å². The Balaban J connectivity index is 2.00. The van der Waals surface area contributed by atoms with Crippen molar-refractivity contribution in [2.45, 2.75) is 0 Å². The van der Waals surface area contributed by atoms with Crippen LogP contribution in [0.15, 0.2) is 69.8 Å². The van der Waals surface area contributed by atoms with Gasteiger partial charge in [0.25, 0.3) is 5.91 Å². The van der Waals surface area contributed by atoms with Crippen molar-refractivity contribution in [3.05, 3.63) is 77.8 Å². The normalized spacial score (nSPS) is 11.1. The summed E-state index contributed by atoms with van der Waals surface area (Å²) in [7, 11) is 0. The molecule has 0 fully saturated rings. The Kier molecular flexibility index (Phi) is 4.56. The molecule has 2 aromatic carbocycles. The number of nitrogens with one attached hydrogen (secondary N) is 1. The van der Waals surface area contributed by atoms with E-state index in [0.29, 0.717) is 14.6 Å². The molecule has 0 aliphatic heterocycles. The van der Waals surface area contributed by atoms with Gasteiger partial charge in [0.15, 0.2) is 22.5 Å². The molecule has 0 bridgehead atoms. The molecule has 0 aliphatic rings. The molecule has 0 radical (unpaired) electrons. The van der Waals surface area contributed by atoms with E-state index in [4.69, 9.17) is 8.83 Å². The van der Waals surface area contributed by atoms with Gasteiger partial charge in [0, 0.05) is 10.2 Å². The lowest BCUT2D eigenvalue weighted by molar-refractivity contribution is 0.102. The van der Waals surface area contributed by atoms with Crippen LogP contribution in [0.4, 0.5) is 5.69 Å². The predicted octanol–water partition coefficient (Wildman–Crippen LogP) is 4.38. The first-order chi connectivity index (χ1) is 13.4. The summed E-state index contributed by atoms with van der Waals surface area (Å²) in [6, 6.07) is 11.6. The number of aromatic hydroxyl groups is 1.